The molecule has 0 atom stereocenters. The highest BCUT2D eigenvalue weighted by Crippen LogP contribution is 2.16. The molecule has 3 aromatic carbocycles. The van der Waals surface area contributed by atoms with Gasteiger partial charge in [-0.25, -0.2) is 5.43 Å². The number of hydrazone groups is 1. The van der Waals surface area contributed by atoms with Gasteiger partial charge in [0.2, 0.25) is 0 Å². The first-order chi connectivity index (χ1) is 13.9. The summed E-state index contributed by atoms with van der Waals surface area (Å²) in [5, 5.41) is 7.78. The molecule has 0 heterocycles. The van der Waals surface area contributed by atoms with Crippen LogP contribution in [-0.4, -0.2) is 17.5 Å². The van der Waals surface area contributed by atoms with Crippen LogP contribution in [0.2, 0.25) is 10.0 Å². The fourth-order valence-electron chi connectivity index (χ4n) is 2.53. The van der Waals surface area contributed by atoms with Crippen LogP contribution in [0.5, 0.6) is 0 Å². The summed E-state index contributed by atoms with van der Waals surface area (Å²) in [4.78, 5) is 24.4. The minimum atomic E-state index is -0.389. The molecule has 0 aliphatic rings. The van der Waals surface area contributed by atoms with Crippen LogP contribution in [0.1, 0.15) is 33.2 Å². The molecule has 0 spiro atoms. The van der Waals surface area contributed by atoms with Crippen molar-refractivity contribution in [3.8, 4) is 0 Å². The molecule has 0 saturated heterocycles. The molecule has 0 unspecified atom stereocenters. The molecule has 0 radical (unpaired) electrons. The second-order valence-corrected chi connectivity index (χ2v) is 7.00. The van der Waals surface area contributed by atoms with Crippen LogP contribution in [0, 0.1) is 0 Å². The van der Waals surface area contributed by atoms with Crippen molar-refractivity contribution in [1.29, 1.82) is 0 Å². The molecular formula is C22H17Cl2N3O2. The van der Waals surface area contributed by atoms with Gasteiger partial charge in [0, 0.05) is 16.3 Å². The molecule has 3 aromatic rings. The van der Waals surface area contributed by atoms with Crippen molar-refractivity contribution < 1.29 is 9.59 Å². The molecule has 3 rings (SSSR count). The van der Waals surface area contributed by atoms with Gasteiger partial charge in [-0.2, -0.15) is 5.10 Å². The Kier molecular flexibility index (Phi) is 6.65. The van der Waals surface area contributed by atoms with Gasteiger partial charge < -0.3 is 5.32 Å². The lowest BCUT2D eigenvalue weighted by atomic mass is 10.1. The molecule has 0 aliphatic heterocycles. The Balaban J connectivity index is 1.64. The third-order valence-electron chi connectivity index (χ3n) is 4.09. The number of halogens is 2. The van der Waals surface area contributed by atoms with E-state index in [2.05, 4.69) is 15.8 Å². The van der Waals surface area contributed by atoms with Crippen LogP contribution >= 0.6 is 23.2 Å². The van der Waals surface area contributed by atoms with Crippen LogP contribution in [-0.2, 0) is 0 Å². The molecule has 0 saturated carbocycles. The third-order valence-corrected chi connectivity index (χ3v) is 4.66. The molecule has 0 bridgehead atoms. The van der Waals surface area contributed by atoms with E-state index >= 15 is 0 Å². The summed E-state index contributed by atoms with van der Waals surface area (Å²) in [6, 6.07) is 20.6. The maximum Gasteiger partial charge on any atom is 0.272 e. The van der Waals surface area contributed by atoms with E-state index in [1.54, 1.807) is 79.7 Å². The topological polar surface area (TPSA) is 70.6 Å². The van der Waals surface area contributed by atoms with Crippen molar-refractivity contribution in [2.75, 3.05) is 5.32 Å². The zero-order valence-corrected chi connectivity index (χ0v) is 17.0. The third kappa shape index (κ3) is 5.44. The maximum absolute atomic E-state index is 12.3. The van der Waals surface area contributed by atoms with E-state index in [0.717, 1.165) is 5.56 Å². The summed E-state index contributed by atoms with van der Waals surface area (Å²) in [6.45, 7) is 1.77. The predicted octanol–water partition coefficient (Wildman–Crippen LogP) is 5.40. The molecule has 5 nitrogen and oxygen atoms in total. The SMILES string of the molecule is CC(=NNC(=O)c1ccccc1Cl)c1ccc(NC(=O)c2cccc(Cl)c2)cc1. The van der Waals surface area contributed by atoms with Gasteiger partial charge in [0.15, 0.2) is 0 Å². The first-order valence-corrected chi connectivity index (χ1v) is 9.46. The second kappa shape index (κ2) is 9.37. The number of hydrogen-bond donors (Lipinski definition) is 2. The zero-order valence-electron chi connectivity index (χ0n) is 15.4. The normalized spacial score (nSPS) is 11.1. The Morgan fingerprint density at radius 2 is 1.55 bits per heavy atom. The highest BCUT2D eigenvalue weighted by atomic mass is 35.5. The largest absolute Gasteiger partial charge is 0.322 e. The Morgan fingerprint density at radius 1 is 0.828 bits per heavy atom. The predicted molar refractivity (Wildman–Crippen MR) is 117 cm³/mol. The highest BCUT2D eigenvalue weighted by Gasteiger charge is 2.09. The average Bonchev–Trinajstić information content (AvgIpc) is 2.72. The summed E-state index contributed by atoms with van der Waals surface area (Å²) in [5.41, 5.74) is 5.36. The summed E-state index contributed by atoms with van der Waals surface area (Å²) >= 11 is 11.9. The minimum Gasteiger partial charge on any atom is -0.322 e. The van der Waals surface area contributed by atoms with Crippen LogP contribution in [0.15, 0.2) is 77.9 Å². The van der Waals surface area contributed by atoms with Gasteiger partial charge in [0.25, 0.3) is 11.8 Å². The van der Waals surface area contributed by atoms with Crippen molar-refractivity contribution in [2.24, 2.45) is 5.10 Å². The Bertz CT molecular complexity index is 1080. The van der Waals surface area contributed by atoms with Crippen molar-refractivity contribution >= 4 is 46.4 Å². The lowest BCUT2D eigenvalue weighted by Gasteiger charge is -2.07. The fraction of sp³-hybridized carbons (Fsp3) is 0.0455. The zero-order chi connectivity index (χ0) is 20.8. The summed E-state index contributed by atoms with van der Waals surface area (Å²) in [7, 11) is 0. The number of nitrogens with one attached hydrogen (secondary N) is 2. The smallest absolute Gasteiger partial charge is 0.272 e. The van der Waals surface area contributed by atoms with E-state index in [-0.39, 0.29) is 11.8 Å². The number of benzene rings is 3. The molecule has 2 amide bonds. The van der Waals surface area contributed by atoms with Crippen LogP contribution in [0.3, 0.4) is 0 Å². The lowest BCUT2D eigenvalue weighted by molar-refractivity contribution is 0.0954. The van der Waals surface area contributed by atoms with E-state index in [1.807, 2.05) is 0 Å². The summed E-state index contributed by atoms with van der Waals surface area (Å²) in [6.07, 6.45) is 0. The van der Waals surface area contributed by atoms with Crippen molar-refractivity contribution in [1.82, 2.24) is 5.43 Å². The summed E-state index contributed by atoms with van der Waals surface area (Å²) in [5.74, 6) is -0.641. The number of carbonyl (C=O) groups excluding carboxylic acids is 2. The molecule has 146 valence electrons. The number of carbonyl (C=O) groups is 2. The van der Waals surface area contributed by atoms with E-state index in [1.165, 1.54) is 0 Å². The van der Waals surface area contributed by atoms with Gasteiger partial charge in [0.1, 0.15) is 0 Å². The van der Waals surface area contributed by atoms with Crippen LogP contribution in [0.25, 0.3) is 0 Å². The second-order valence-electron chi connectivity index (χ2n) is 6.16. The van der Waals surface area contributed by atoms with Gasteiger partial charge in [-0.15, -0.1) is 0 Å². The van der Waals surface area contributed by atoms with E-state index in [9.17, 15) is 9.59 Å². The minimum absolute atomic E-state index is 0.252. The van der Waals surface area contributed by atoms with Crippen molar-refractivity contribution in [3.05, 3.63) is 99.5 Å². The number of rotatable bonds is 5. The Morgan fingerprint density at radius 3 is 2.24 bits per heavy atom. The van der Waals surface area contributed by atoms with Gasteiger partial charge in [-0.1, -0.05) is 53.5 Å². The van der Waals surface area contributed by atoms with Gasteiger partial charge >= 0.3 is 0 Å². The number of amides is 2. The van der Waals surface area contributed by atoms with E-state index < -0.39 is 0 Å². The standard InChI is InChI=1S/C22H17Cl2N3O2/c1-14(26-27-22(29)19-7-2-3-8-20(19)24)15-9-11-18(12-10-15)25-21(28)16-5-4-6-17(23)13-16/h2-13H,1H3,(H,25,28)(H,27,29). The molecular weight excluding hydrogens is 409 g/mol. The average molecular weight is 426 g/mol. The summed E-state index contributed by atoms with van der Waals surface area (Å²) < 4.78 is 0. The quantitative estimate of drug-likeness (QED) is 0.424. The molecule has 0 aromatic heterocycles. The van der Waals surface area contributed by atoms with Gasteiger partial charge in [-0.05, 0) is 55.0 Å². The number of hydrogen-bond acceptors (Lipinski definition) is 3. The van der Waals surface area contributed by atoms with E-state index in [0.29, 0.717) is 32.6 Å². The molecule has 0 fully saturated rings. The number of nitrogens with zero attached hydrogens (tertiary/aromatic N) is 1. The first-order valence-electron chi connectivity index (χ1n) is 8.70. The molecule has 2 N–H and O–H groups in total. The lowest BCUT2D eigenvalue weighted by Crippen LogP contribution is -2.19. The van der Waals surface area contributed by atoms with Gasteiger partial charge in [-0.3, -0.25) is 9.59 Å². The Hall–Kier alpha value is -3.15. The van der Waals surface area contributed by atoms with Crippen molar-refractivity contribution in [3.63, 3.8) is 0 Å². The Labute approximate surface area is 178 Å². The van der Waals surface area contributed by atoms with Gasteiger partial charge in [0.05, 0.1) is 16.3 Å². The first kappa shape index (κ1) is 20.6. The number of anilines is 1. The van der Waals surface area contributed by atoms with Crippen molar-refractivity contribution in [2.45, 2.75) is 6.92 Å². The van der Waals surface area contributed by atoms with Crippen LogP contribution in [0.4, 0.5) is 5.69 Å². The highest BCUT2D eigenvalue weighted by molar-refractivity contribution is 6.33. The molecule has 7 heteroatoms. The monoisotopic (exact) mass is 425 g/mol. The molecule has 0 aliphatic carbocycles. The van der Waals surface area contributed by atoms with Crippen LogP contribution < -0.4 is 10.7 Å². The van der Waals surface area contributed by atoms with E-state index in [4.69, 9.17) is 23.2 Å². The molecule has 29 heavy (non-hydrogen) atoms. The maximum atomic E-state index is 12.3. The fourth-order valence-corrected chi connectivity index (χ4v) is 2.94.